The van der Waals surface area contributed by atoms with Crippen molar-refractivity contribution in [3.05, 3.63) is 22.7 Å². The zero-order valence-corrected chi connectivity index (χ0v) is 14.2. The van der Waals surface area contributed by atoms with Crippen molar-refractivity contribution in [2.45, 2.75) is 11.8 Å². The summed E-state index contributed by atoms with van der Waals surface area (Å²) in [7, 11) is 0. The smallest absolute Gasteiger partial charge is 0.233 e. The van der Waals surface area contributed by atoms with Crippen LogP contribution >= 0.6 is 27.7 Å². The van der Waals surface area contributed by atoms with Crippen LogP contribution in [0.1, 0.15) is 6.92 Å². The average molecular weight is 372 g/mol. The Bertz CT molecular complexity index is 545. The van der Waals surface area contributed by atoms with Gasteiger partial charge in [-0.05, 0) is 18.2 Å². The van der Waals surface area contributed by atoms with Gasteiger partial charge in [0.15, 0.2) is 0 Å². The number of piperazine rings is 1. The molecule has 2 amide bonds. The van der Waals surface area contributed by atoms with Gasteiger partial charge in [-0.2, -0.15) is 0 Å². The standard InChI is InChI=1S/C14H18BrN3O2S/c1-10(19)17-4-6-18(7-5-17)14(20)9-21-13-8-11(15)2-3-12(13)16/h2-3,8H,4-7,9,16H2,1H3. The summed E-state index contributed by atoms with van der Waals surface area (Å²) in [5, 5.41) is 0. The molecule has 7 heteroatoms. The zero-order valence-electron chi connectivity index (χ0n) is 11.8. The fourth-order valence-corrected chi connectivity index (χ4v) is 3.55. The third-order valence-electron chi connectivity index (χ3n) is 3.40. The Morgan fingerprint density at radius 2 is 1.86 bits per heavy atom. The number of carbonyl (C=O) groups is 2. The van der Waals surface area contributed by atoms with Crippen molar-refractivity contribution in [2.24, 2.45) is 0 Å². The van der Waals surface area contributed by atoms with Crippen LogP contribution < -0.4 is 5.73 Å². The topological polar surface area (TPSA) is 66.6 Å². The van der Waals surface area contributed by atoms with Gasteiger partial charge in [-0.3, -0.25) is 9.59 Å². The monoisotopic (exact) mass is 371 g/mol. The Kier molecular flexibility index (Phi) is 5.52. The summed E-state index contributed by atoms with van der Waals surface area (Å²) in [6.45, 7) is 4.00. The van der Waals surface area contributed by atoms with Gasteiger partial charge < -0.3 is 15.5 Å². The van der Waals surface area contributed by atoms with Crippen molar-refractivity contribution < 1.29 is 9.59 Å². The van der Waals surface area contributed by atoms with Crippen molar-refractivity contribution in [3.63, 3.8) is 0 Å². The summed E-state index contributed by atoms with van der Waals surface area (Å²) in [5.74, 6) is 0.515. The van der Waals surface area contributed by atoms with E-state index in [9.17, 15) is 9.59 Å². The van der Waals surface area contributed by atoms with Crippen molar-refractivity contribution in [1.29, 1.82) is 0 Å². The zero-order chi connectivity index (χ0) is 15.4. The molecule has 1 aliphatic heterocycles. The fourth-order valence-electron chi connectivity index (χ4n) is 2.13. The molecule has 0 unspecified atom stereocenters. The first-order valence-electron chi connectivity index (χ1n) is 6.68. The molecule has 1 saturated heterocycles. The Morgan fingerprint density at radius 3 is 2.48 bits per heavy atom. The van der Waals surface area contributed by atoms with E-state index in [0.29, 0.717) is 37.6 Å². The third kappa shape index (κ3) is 4.38. The molecule has 0 bridgehead atoms. The third-order valence-corrected chi connectivity index (χ3v) is 4.95. The number of anilines is 1. The van der Waals surface area contributed by atoms with Gasteiger partial charge >= 0.3 is 0 Å². The lowest BCUT2D eigenvalue weighted by atomic mass is 10.3. The molecule has 1 heterocycles. The van der Waals surface area contributed by atoms with Gasteiger partial charge in [-0.15, -0.1) is 11.8 Å². The average Bonchev–Trinajstić information content (AvgIpc) is 2.48. The molecule has 1 aromatic carbocycles. The Hall–Kier alpha value is -1.21. The van der Waals surface area contributed by atoms with Crippen LogP contribution in [0, 0.1) is 0 Å². The molecule has 21 heavy (non-hydrogen) atoms. The van der Waals surface area contributed by atoms with Crippen molar-refractivity contribution in [1.82, 2.24) is 9.80 Å². The minimum absolute atomic E-state index is 0.0679. The summed E-state index contributed by atoms with van der Waals surface area (Å²) < 4.78 is 0.946. The predicted molar refractivity (Wildman–Crippen MR) is 88.1 cm³/mol. The van der Waals surface area contributed by atoms with Crippen LogP contribution in [0.4, 0.5) is 5.69 Å². The first-order chi connectivity index (χ1) is 9.97. The van der Waals surface area contributed by atoms with Gasteiger partial charge in [0.05, 0.1) is 5.75 Å². The molecule has 1 aromatic rings. The SMILES string of the molecule is CC(=O)N1CCN(C(=O)CSc2cc(Br)ccc2N)CC1. The largest absolute Gasteiger partial charge is 0.398 e. The second-order valence-electron chi connectivity index (χ2n) is 4.86. The Balaban J connectivity index is 1.85. The summed E-state index contributed by atoms with van der Waals surface area (Å²) in [6, 6.07) is 5.62. The first kappa shape index (κ1) is 16.2. The lowest BCUT2D eigenvalue weighted by Gasteiger charge is -2.34. The van der Waals surface area contributed by atoms with Crippen LogP contribution in [0.5, 0.6) is 0 Å². The molecular formula is C14H18BrN3O2S. The number of amides is 2. The number of nitrogen functional groups attached to an aromatic ring is 1. The van der Waals surface area contributed by atoms with Gasteiger partial charge in [0, 0.05) is 48.2 Å². The van der Waals surface area contributed by atoms with Crippen LogP contribution in [-0.4, -0.2) is 53.5 Å². The van der Waals surface area contributed by atoms with E-state index in [2.05, 4.69) is 15.9 Å². The molecule has 5 nitrogen and oxygen atoms in total. The maximum Gasteiger partial charge on any atom is 0.233 e. The highest BCUT2D eigenvalue weighted by Crippen LogP contribution is 2.28. The summed E-state index contributed by atoms with van der Waals surface area (Å²) >= 11 is 4.84. The van der Waals surface area contributed by atoms with E-state index in [1.54, 1.807) is 16.7 Å². The lowest BCUT2D eigenvalue weighted by molar-refractivity contribution is -0.136. The number of hydrogen-bond acceptors (Lipinski definition) is 4. The number of thioether (sulfide) groups is 1. The second-order valence-corrected chi connectivity index (χ2v) is 6.79. The van der Waals surface area contributed by atoms with Crippen molar-refractivity contribution in [2.75, 3.05) is 37.7 Å². The number of nitrogens with two attached hydrogens (primary N) is 1. The van der Waals surface area contributed by atoms with Crippen LogP contribution in [0.15, 0.2) is 27.6 Å². The minimum atomic E-state index is 0.0679. The lowest BCUT2D eigenvalue weighted by Crippen LogP contribution is -2.50. The molecule has 2 N–H and O–H groups in total. The summed E-state index contributed by atoms with van der Waals surface area (Å²) in [4.78, 5) is 27.9. The van der Waals surface area contributed by atoms with E-state index in [0.717, 1.165) is 9.37 Å². The second kappa shape index (κ2) is 7.17. The Labute approximate surface area is 137 Å². The Morgan fingerprint density at radius 1 is 1.24 bits per heavy atom. The summed E-state index contributed by atoms with van der Waals surface area (Å²) in [5.41, 5.74) is 6.57. The van der Waals surface area contributed by atoms with Crippen LogP contribution in [0.2, 0.25) is 0 Å². The highest BCUT2D eigenvalue weighted by molar-refractivity contribution is 9.10. The van der Waals surface area contributed by atoms with Crippen LogP contribution in [0.25, 0.3) is 0 Å². The van der Waals surface area contributed by atoms with E-state index in [-0.39, 0.29) is 11.8 Å². The molecule has 0 aromatic heterocycles. The molecular weight excluding hydrogens is 354 g/mol. The molecule has 1 aliphatic rings. The number of halogens is 1. The molecule has 0 atom stereocenters. The van der Waals surface area contributed by atoms with Crippen molar-refractivity contribution in [3.8, 4) is 0 Å². The molecule has 1 fully saturated rings. The number of benzene rings is 1. The predicted octanol–water partition coefficient (Wildman–Crippen LogP) is 1.81. The molecule has 2 rings (SSSR count). The molecule has 0 spiro atoms. The number of carbonyl (C=O) groups excluding carboxylic acids is 2. The number of nitrogens with zero attached hydrogens (tertiary/aromatic N) is 2. The molecule has 114 valence electrons. The maximum absolute atomic E-state index is 12.2. The first-order valence-corrected chi connectivity index (χ1v) is 8.46. The molecule has 0 saturated carbocycles. The molecule has 0 radical (unpaired) electrons. The quantitative estimate of drug-likeness (QED) is 0.649. The highest BCUT2D eigenvalue weighted by Gasteiger charge is 2.22. The van der Waals surface area contributed by atoms with Gasteiger partial charge in [0.2, 0.25) is 11.8 Å². The van der Waals surface area contributed by atoms with Gasteiger partial charge in [0.25, 0.3) is 0 Å². The van der Waals surface area contributed by atoms with Crippen LogP contribution in [0.3, 0.4) is 0 Å². The highest BCUT2D eigenvalue weighted by atomic mass is 79.9. The normalized spacial score (nSPS) is 15.1. The minimum Gasteiger partial charge on any atom is -0.398 e. The maximum atomic E-state index is 12.2. The van der Waals surface area contributed by atoms with Gasteiger partial charge in [0.1, 0.15) is 0 Å². The summed E-state index contributed by atoms with van der Waals surface area (Å²) in [6.07, 6.45) is 0. The van der Waals surface area contributed by atoms with Gasteiger partial charge in [-0.25, -0.2) is 0 Å². The van der Waals surface area contributed by atoms with E-state index in [1.165, 1.54) is 11.8 Å². The number of hydrogen-bond donors (Lipinski definition) is 1. The van der Waals surface area contributed by atoms with Crippen molar-refractivity contribution >= 4 is 45.2 Å². The fraction of sp³-hybridized carbons (Fsp3) is 0.429. The number of rotatable bonds is 3. The van der Waals surface area contributed by atoms with E-state index in [1.807, 2.05) is 18.2 Å². The molecule has 0 aliphatic carbocycles. The van der Waals surface area contributed by atoms with Gasteiger partial charge in [-0.1, -0.05) is 15.9 Å². The van der Waals surface area contributed by atoms with Crippen LogP contribution in [-0.2, 0) is 9.59 Å². The van der Waals surface area contributed by atoms with E-state index >= 15 is 0 Å². The van der Waals surface area contributed by atoms with E-state index < -0.39 is 0 Å². The van der Waals surface area contributed by atoms with E-state index in [4.69, 9.17) is 5.73 Å².